The van der Waals surface area contributed by atoms with Crippen molar-refractivity contribution in [3.63, 3.8) is 0 Å². The van der Waals surface area contributed by atoms with E-state index in [4.69, 9.17) is 0 Å². The zero-order valence-corrected chi connectivity index (χ0v) is 11.6. The third-order valence-electron chi connectivity index (χ3n) is 2.98. The highest BCUT2D eigenvalue weighted by molar-refractivity contribution is 6.44. The van der Waals surface area contributed by atoms with E-state index < -0.39 is 18.1 Å². The summed E-state index contributed by atoms with van der Waals surface area (Å²) in [5, 5.41) is 2.49. The van der Waals surface area contributed by atoms with Crippen LogP contribution in [0.2, 0.25) is 0 Å². The number of anilines is 1. The summed E-state index contributed by atoms with van der Waals surface area (Å²) < 4.78 is 0. The van der Waals surface area contributed by atoms with Gasteiger partial charge in [0, 0.05) is 11.3 Å². The van der Waals surface area contributed by atoms with Crippen LogP contribution in [0.1, 0.15) is 22.3 Å². The summed E-state index contributed by atoms with van der Waals surface area (Å²) in [6, 6.07) is 15.5. The highest BCUT2D eigenvalue weighted by atomic mass is 16.2. The number of carbonyl (C=O) groups is 3. The molecule has 0 saturated heterocycles. The van der Waals surface area contributed by atoms with E-state index in [1.807, 2.05) is 19.1 Å². The Balaban J connectivity index is 1.95. The summed E-state index contributed by atoms with van der Waals surface area (Å²) in [6.07, 6.45) is -0.429. The summed E-state index contributed by atoms with van der Waals surface area (Å²) in [5.41, 5.74) is 2.01. The third-order valence-corrected chi connectivity index (χ3v) is 2.98. The molecule has 2 rings (SSSR count). The molecule has 0 fully saturated rings. The van der Waals surface area contributed by atoms with Crippen molar-refractivity contribution in [3.05, 3.63) is 65.7 Å². The lowest BCUT2D eigenvalue weighted by molar-refractivity contribution is -0.134. The molecule has 1 amide bonds. The van der Waals surface area contributed by atoms with Crippen LogP contribution < -0.4 is 5.32 Å². The molecule has 0 radical (unpaired) electrons. The first-order chi connectivity index (χ1) is 10.1. The lowest BCUT2D eigenvalue weighted by atomic mass is 10.1. The Kier molecular flexibility index (Phi) is 4.61. The van der Waals surface area contributed by atoms with E-state index in [0.29, 0.717) is 11.3 Å². The molecule has 0 heterocycles. The van der Waals surface area contributed by atoms with Gasteiger partial charge < -0.3 is 5.32 Å². The highest BCUT2D eigenvalue weighted by Gasteiger charge is 2.18. The predicted molar refractivity (Wildman–Crippen MR) is 80.2 cm³/mol. The van der Waals surface area contributed by atoms with Crippen LogP contribution >= 0.6 is 0 Å². The predicted octanol–water partition coefficient (Wildman–Crippen LogP) is 2.78. The summed E-state index contributed by atoms with van der Waals surface area (Å²) in [7, 11) is 0. The van der Waals surface area contributed by atoms with Crippen molar-refractivity contribution in [3.8, 4) is 0 Å². The monoisotopic (exact) mass is 281 g/mol. The molecule has 0 saturated carbocycles. The molecule has 106 valence electrons. The molecule has 0 spiro atoms. The molecule has 4 heteroatoms. The molecule has 21 heavy (non-hydrogen) atoms. The third kappa shape index (κ3) is 4.11. The van der Waals surface area contributed by atoms with Crippen molar-refractivity contribution >= 4 is 23.2 Å². The Bertz CT molecular complexity index is 660. The molecule has 1 N–H and O–H groups in total. The van der Waals surface area contributed by atoms with Gasteiger partial charge in [-0.15, -0.1) is 0 Å². The van der Waals surface area contributed by atoms with Crippen molar-refractivity contribution in [2.45, 2.75) is 13.3 Å². The molecule has 0 aliphatic carbocycles. The molecule has 0 aliphatic heterocycles. The fraction of sp³-hybridized carbons (Fsp3) is 0.118. The Morgan fingerprint density at radius 2 is 1.52 bits per heavy atom. The molecule has 0 unspecified atom stereocenters. The smallest absolute Gasteiger partial charge is 0.292 e. The first-order valence-corrected chi connectivity index (χ1v) is 6.55. The summed E-state index contributed by atoms with van der Waals surface area (Å²) in [6.45, 7) is 1.93. The van der Waals surface area contributed by atoms with Crippen LogP contribution in [-0.2, 0) is 9.59 Å². The van der Waals surface area contributed by atoms with Crippen LogP contribution in [0.4, 0.5) is 5.69 Å². The van der Waals surface area contributed by atoms with E-state index >= 15 is 0 Å². The molecule has 0 aliphatic rings. The maximum Gasteiger partial charge on any atom is 0.292 e. The van der Waals surface area contributed by atoms with Crippen LogP contribution in [0, 0.1) is 6.92 Å². The van der Waals surface area contributed by atoms with E-state index in [-0.39, 0.29) is 5.78 Å². The Morgan fingerprint density at radius 1 is 0.905 bits per heavy atom. The lowest BCUT2D eigenvalue weighted by Gasteiger charge is -2.04. The Morgan fingerprint density at radius 3 is 2.14 bits per heavy atom. The minimum atomic E-state index is -0.775. The molecule has 4 nitrogen and oxygen atoms in total. The quantitative estimate of drug-likeness (QED) is 0.520. The largest absolute Gasteiger partial charge is 0.319 e. The van der Waals surface area contributed by atoms with Gasteiger partial charge in [0.2, 0.25) is 5.78 Å². The molecule has 0 bridgehead atoms. The molecule has 0 aromatic heterocycles. The van der Waals surface area contributed by atoms with Crippen molar-refractivity contribution in [1.29, 1.82) is 0 Å². The van der Waals surface area contributed by atoms with Crippen molar-refractivity contribution in [2.75, 3.05) is 5.32 Å². The molecular weight excluding hydrogens is 266 g/mol. The maximum absolute atomic E-state index is 11.9. The van der Waals surface area contributed by atoms with Gasteiger partial charge in [-0.05, 0) is 19.1 Å². The first kappa shape index (κ1) is 14.7. The van der Waals surface area contributed by atoms with Crippen molar-refractivity contribution in [1.82, 2.24) is 0 Å². The standard InChI is InChI=1S/C17H15NO3/c1-12-7-9-14(10-8-12)18-17(21)16(20)11-15(19)13-5-3-2-4-6-13/h2-10H,11H2,1H3,(H,18,21). The Hall–Kier alpha value is -2.75. The van der Waals surface area contributed by atoms with E-state index in [1.54, 1.807) is 42.5 Å². The molecule has 2 aromatic rings. The maximum atomic E-state index is 11.9. The molecule has 0 atom stereocenters. The second-order valence-corrected chi connectivity index (χ2v) is 4.71. The Labute approximate surface area is 122 Å². The average molecular weight is 281 g/mol. The number of nitrogens with one attached hydrogen (secondary N) is 1. The van der Waals surface area contributed by atoms with Gasteiger partial charge in [-0.2, -0.15) is 0 Å². The molecular formula is C17H15NO3. The summed E-state index contributed by atoms with van der Waals surface area (Å²) >= 11 is 0. The topological polar surface area (TPSA) is 63.2 Å². The lowest BCUT2D eigenvalue weighted by Crippen LogP contribution is -2.25. The van der Waals surface area contributed by atoms with E-state index in [1.165, 1.54) is 0 Å². The number of hydrogen-bond donors (Lipinski definition) is 1. The number of benzene rings is 2. The second-order valence-electron chi connectivity index (χ2n) is 4.71. The normalized spacial score (nSPS) is 9.95. The van der Waals surface area contributed by atoms with Gasteiger partial charge in [-0.3, -0.25) is 14.4 Å². The first-order valence-electron chi connectivity index (χ1n) is 6.55. The SMILES string of the molecule is Cc1ccc(NC(=O)C(=O)CC(=O)c2ccccc2)cc1. The fourth-order valence-electron chi connectivity index (χ4n) is 1.79. The van der Waals surface area contributed by atoms with Gasteiger partial charge in [0.05, 0.1) is 6.42 Å². The zero-order chi connectivity index (χ0) is 15.2. The van der Waals surface area contributed by atoms with Crippen molar-refractivity contribution in [2.24, 2.45) is 0 Å². The summed E-state index contributed by atoms with van der Waals surface area (Å²) in [4.78, 5) is 35.4. The van der Waals surface area contributed by atoms with Gasteiger partial charge in [0.25, 0.3) is 5.91 Å². The number of Topliss-reactive ketones (excluding diaryl/α,β-unsaturated/α-hetero) is 2. The summed E-state index contributed by atoms with van der Waals surface area (Å²) in [5.74, 6) is -1.88. The number of rotatable bonds is 5. The number of carbonyl (C=O) groups excluding carboxylic acids is 3. The van der Waals surface area contributed by atoms with Gasteiger partial charge in [0.1, 0.15) is 0 Å². The number of amides is 1. The number of hydrogen-bond acceptors (Lipinski definition) is 3. The van der Waals surface area contributed by atoms with Crippen LogP contribution in [-0.4, -0.2) is 17.5 Å². The second kappa shape index (κ2) is 6.61. The highest BCUT2D eigenvalue weighted by Crippen LogP contribution is 2.09. The zero-order valence-electron chi connectivity index (χ0n) is 11.6. The number of ketones is 2. The number of aryl methyl sites for hydroxylation is 1. The van der Waals surface area contributed by atoms with E-state index in [2.05, 4.69) is 5.32 Å². The van der Waals surface area contributed by atoms with Crippen molar-refractivity contribution < 1.29 is 14.4 Å². The van der Waals surface area contributed by atoms with Crippen LogP contribution in [0.25, 0.3) is 0 Å². The van der Waals surface area contributed by atoms with E-state index in [9.17, 15) is 14.4 Å². The minimum Gasteiger partial charge on any atom is -0.319 e. The van der Waals surface area contributed by atoms with E-state index in [0.717, 1.165) is 5.56 Å². The van der Waals surface area contributed by atoms with Gasteiger partial charge >= 0.3 is 0 Å². The molecule has 2 aromatic carbocycles. The fourth-order valence-corrected chi connectivity index (χ4v) is 1.79. The van der Waals surface area contributed by atoms with Gasteiger partial charge in [0.15, 0.2) is 5.78 Å². The average Bonchev–Trinajstić information content (AvgIpc) is 2.50. The van der Waals surface area contributed by atoms with Crippen LogP contribution in [0.5, 0.6) is 0 Å². The van der Waals surface area contributed by atoms with Gasteiger partial charge in [-0.25, -0.2) is 0 Å². The van der Waals surface area contributed by atoms with Crippen LogP contribution in [0.15, 0.2) is 54.6 Å². The minimum absolute atomic E-state index is 0.361. The van der Waals surface area contributed by atoms with Gasteiger partial charge in [-0.1, -0.05) is 48.0 Å². The van der Waals surface area contributed by atoms with Crippen LogP contribution in [0.3, 0.4) is 0 Å².